The van der Waals surface area contributed by atoms with Crippen molar-refractivity contribution in [1.82, 2.24) is 5.32 Å². The second-order valence-electron chi connectivity index (χ2n) is 4.61. The lowest BCUT2D eigenvalue weighted by Crippen LogP contribution is -2.48. The number of fused-ring (bicyclic) bond motifs is 1. The minimum atomic E-state index is -1.26. The Morgan fingerprint density at radius 1 is 1.05 bits per heavy atom. The van der Waals surface area contributed by atoms with Crippen molar-refractivity contribution in [1.29, 1.82) is 0 Å². The molecule has 1 heterocycles. The zero-order valence-electron chi connectivity index (χ0n) is 10.9. The maximum Gasteiger partial charge on any atom is 0.341 e. The molecule has 2 aromatic carbocycles. The predicted octanol–water partition coefficient (Wildman–Crippen LogP) is 1.85. The number of amides is 1. The fraction of sp³-hybridized carbons (Fsp3) is 0.125. The van der Waals surface area contributed by atoms with E-state index in [0.29, 0.717) is 16.7 Å². The van der Waals surface area contributed by atoms with Gasteiger partial charge in [-0.05, 0) is 11.6 Å². The van der Waals surface area contributed by atoms with Crippen LogP contribution in [0.3, 0.4) is 0 Å². The molecule has 1 aliphatic heterocycles. The van der Waals surface area contributed by atoms with Crippen LogP contribution in [0.2, 0.25) is 0 Å². The van der Waals surface area contributed by atoms with Crippen molar-refractivity contribution < 1.29 is 14.3 Å². The Hall–Kier alpha value is -2.62. The second kappa shape index (κ2) is 4.49. The minimum absolute atomic E-state index is 0.269. The lowest BCUT2D eigenvalue weighted by Gasteiger charge is -2.27. The van der Waals surface area contributed by atoms with Gasteiger partial charge in [0.15, 0.2) is 5.54 Å². The highest BCUT2D eigenvalue weighted by atomic mass is 16.5. The number of esters is 1. The van der Waals surface area contributed by atoms with E-state index in [9.17, 15) is 9.59 Å². The average molecular weight is 267 g/mol. The van der Waals surface area contributed by atoms with Gasteiger partial charge in [-0.1, -0.05) is 48.5 Å². The molecule has 1 amide bonds. The third-order valence-corrected chi connectivity index (χ3v) is 3.58. The monoisotopic (exact) mass is 267 g/mol. The van der Waals surface area contributed by atoms with Crippen molar-refractivity contribution in [3.05, 3.63) is 71.3 Å². The highest BCUT2D eigenvalue weighted by Crippen LogP contribution is 2.37. The van der Waals surface area contributed by atoms with E-state index in [-0.39, 0.29) is 5.91 Å². The molecule has 0 saturated heterocycles. The minimum Gasteiger partial charge on any atom is -0.467 e. The lowest BCUT2D eigenvalue weighted by molar-refractivity contribution is -0.146. The van der Waals surface area contributed by atoms with Crippen LogP contribution in [-0.4, -0.2) is 19.0 Å². The van der Waals surface area contributed by atoms with E-state index >= 15 is 0 Å². The number of carbonyl (C=O) groups is 2. The molecule has 100 valence electrons. The average Bonchev–Trinajstić information content (AvgIpc) is 2.82. The summed E-state index contributed by atoms with van der Waals surface area (Å²) in [5, 5.41) is 2.79. The molecular formula is C16H13NO3. The van der Waals surface area contributed by atoms with Crippen LogP contribution in [0.5, 0.6) is 0 Å². The lowest BCUT2D eigenvalue weighted by atomic mass is 9.83. The van der Waals surface area contributed by atoms with Gasteiger partial charge in [0.2, 0.25) is 0 Å². The number of hydrogen-bond donors (Lipinski definition) is 1. The Morgan fingerprint density at radius 3 is 2.40 bits per heavy atom. The Kier molecular flexibility index (Phi) is 2.79. The summed E-state index contributed by atoms with van der Waals surface area (Å²) in [4.78, 5) is 24.6. The topological polar surface area (TPSA) is 55.4 Å². The fourth-order valence-electron chi connectivity index (χ4n) is 2.66. The third kappa shape index (κ3) is 1.54. The number of rotatable bonds is 2. The fourth-order valence-corrected chi connectivity index (χ4v) is 2.66. The first-order chi connectivity index (χ1) is 9.70. The van der Waals surface area contributed by atoms with Gasteiger partial charge in [0.25, 0.3) is 5.91 Å². The van der Waals surface area contributed by atoms with Gasteiger partial charge >= 0.3 is 5.97 Å². The van der Waals surface area contributed by atoms with E-state index < -0.39 is 11.5 Å². The van der Waals surface area contributed by atoms with Gasteiger partial charge < -0.3 is 10.1 Å². The normalized spacial score (nSPS) is 20.1. The standard InChI is InChI=1S/C16H13NO3/c1-20-15(19)16(11-7-3-2-4-8-11)13-10-6-5-9-12(13)14(18)17-16/h2-10H,1H3,(H,17,18). The molecule has 1 aliphatic rings. The summed E-state index contributed by atoms with van der Waals surface area (Å²) in [6.45, 7) is 0. The third-order valence-electron chi connectivity index (χ3n) is 3.58. The molecular weight excluding hydrogens is 254 g/mol. The maximum atomic E-state index is 12.4. The highest BCUT2D eigenvalue weighted by molar-refractivity contribution is 6.07. The summed E-state index contributed by atoms with van der Waals surface area (Å²) in [6.07, 6.45) is 0. The molecule has 0 radical (unpaired) electrons. The first-order valence-electron chi connectivity index (χ1n) is 6.26. The van der Waals surface area contributed by atoms with Crippen molar-refractivity contribution in [2.75, 3.05) is 7.11 Å². The van der Waals surface area contributed by atoms with Crippen molar-refractivity contribution in [2.24, 2.45) is 0 Å². The van der Waals surface area contributed by atoms with Crippen LogP contribution in [0.25, 0.3) is 0 Å². The van der Waals surface area contributed by atoms with Crippen molar-refractivity contribution >= 4 is 11.9 Å². The molecule has 2 aromatic rings. The molecule has 0 aromatic heterocycles. The Labute approximate surface area is 116 Å². The van der Waals surface area contributed by atoms with Gasteiger partial charge in [-0.2, -0.15) is 0 Å². The summed E-state index contributed by atoms with van der Waals surface area (Å²) in [5.74, 6) is -0.767. The number of hydrogen-bond acceptors (Lipinski definition) is 3. The van der Waals surface area contributed by atoms with Gasteiger partial charge in [-0.25, -0.2) is 4.79 Å². The van der Waals surface area contributed by atoms with E-state index in [0.717, 1.165) is 0 Å². The maximum absolute atomic E-state index is 12.4. The van der Waals surface area contributed by atoms with E-state index in [4.69, 9.17) is 4.74 Å². The molecule has 20 heavy (non-hydrogen) atoms. The van der Waals surface area contributed by atoms with Gasteiger partial charge in [0.05, 0.1) is 7.11 Å². The van der Waals surface area contributed by atoms with Crippen molar-refractivity contribution in [3.63, 3.8) is 0 Å². The summed E-state index contributed by atoms with van der Waals surface area (Å²) < 4.78 is 4.94. The predicted molar refractivity (Wildman–Crippen MR) is 73.1 cm³/mol. The zero-order valence-corrected chi connectivity index (χ0v) is 10.9. The molecule has 0 aliphatic carbocycles. The number of benzene rings is 2. The van der Waals surface area contributed by atoms with E-state index in [2.05, 4.69) is 5.32 Å². The van der Waals surface area contributed by atoms with E-state index in [1.165, 1.54) is 7.11 Å². The van der Waals surface area contributed by atoms with Crippen molar-refractivity contribution in [2.45, 2.75) is 5.54 Å². The van der Waals surface area contributed by atoms with E-state index in [1.54, 1.807) is 36.4 Å². The van der Waals surface area contributed by atoms with Crippen LogP contribution in [0, 0.1) is 0 Å². The molecule has 1 N–H and O–H groups in total. The van der Waals surface area contributed by atoms with Gasteiger partial charge in [-0.15, -0.1) is 0 Å². The summed E-state index contributed by atoms with van der Waals surface area (Å²) in [7, 11) is 1.32. The molecule has 4 heteroatoms. The summed E-state index contributed by atoms with van der Waals surface area (Å²) in [5.41, 5.74) is 0.555. The highest BCUT2D eigenvalue weighted by Gasteiger charge is 2.51. The molecule has 0 spiro atoms. The Bertz CT molecular complexity index is 681. The zero-order chi connectivity index (χ0) is 14.2. The smallest absolute Gasteiger partial charge is 0.341 e. The SMILES string of the molecule is COC(=O)C1(c2ccccc2)NC(=O)c2ccccc21. The molecule has 1 unspecified atom stereocenters. The van der Waals surface area contributed by atoms with Gasteiger partial charge in [0.1, 0.15) is 0 Å². The van der Waals surface area contributed by atoms with Gasteiger partial charge in [0, 0.05) is 11.1 Å². The summed E-state index contributed by atoms with van der Waals surface area (Å²) >= 11 is 0. The van der Waals surface area contributed by atoms with Gasteiger partial charge in [-0.3, -0.25) is 4.79 Å². The first-order valence-corrected chi connectivity index (χ1v) is 6.26. The van der Waals surface area contributed by atoms with Crippen LogP contribution in [0.1, 0.15) is 21.5 Å². The first kappa shape index (κ1) is 12.4. The molecule has 0 bridgehead atoms. The van der Waals surface area contributed by atoms with Crippen LogP contribution >= 0.6 is 0 Å². The molecule has 0 saturated carbocycles. The largest absolute Gasteiger partial charge is 0.467 e. The van der Waals surface area contributed by atoms with Crippen LogP contribution in [0.4, 0.5) is 0 Å². The molecule has 4 nitrogen and oxygen atoms in total. The number of methoxy groups -OCH3 is 1. The molecule has 3 rings (SSSR count). The van der Waals surface area contributed by atoms with Crippen molar-refractivity contribution in [3.8, 4) is 0 Å². The van der Waals surface area contributed by atoms with Crippen LogP contribution in [-0.2, 0) is 15.1 Å². The number of ether oxygens (including phenoxy) is 1. The van der Waals surface area contributed by atoms with E-state index in [1.807, 2.05) is 18.2 Å². The number of nitrogens with one attached hydrogen (secondary N) is 1. The Morgan fingerprint density at radius 2 is 1.70 bits per heavy atom. The van der Waals surface area contributed by atoms with Crippen LogP contribution < -0.4 is 5.32 Å². The molecule has 0 fully saturated rings. The second-order valence-corrected chi connectivity index (χ2v) is 4.61. The quantitative estimate of drug-likeness (QED) is 0.845. The Balaban J connectivity index is 2.30. The molecule has 1 atom stereocenters. The van der Waals surface area contributed by atoms with Crippen LogP contribution in [0.15, 0.2) is 54.6 Å². The number of carbonyl (C=O) groups excluding carboxylic acids is 2. The summed E-state index contributed by atoms with van der Waals surface area (Å²) in [6, 6.07) is 16.2.